The molecule has 2 aromatic carbocycles. The summed E-state index contributed by atoms with van der Waals surface area (Å²) in [5, 5.41) is 0. The van der Waals surface area contributed by atoms with Gasteiger partial charge in [0.15, 0.2) is 14.6 Å². The normalized spacial score (nSPS) is 16.2. The van der Waals surface area contributed by atoms with Crippen molar-refractivity contribution in [3.05, 3.63) is 58.6 Å². The standard InChI is InChI=1S/C25H31BrO6S/c1-24(2,3)32-23(27)25(13-16-30-17-14-25)33(28,29)22-11-9-21(10-12-22)31-15-5-7-19-6-4-8-20(26)18-19/h4,6,8-12,18H,5,7,13-17H2,1-3H3. The molecule has 6 nitrogen and oxygen atoms in total. The molecule has 33 heavy (non-hydrogen) atoms. The molecule has 3 rings (SSSR count). The monoisotopic (exact) mass is 538 g/mol. The van der Waals surface area contributed by atoms with E-state index in [1.807, 2.05) is 12.1 Å². The van der Waals surface area contributed by atoms with Crippen molar-refractivity contribution in [1.82, 2.24) is 0 Å². The lowest BCUT2D eigenvalue weighted by Gasteiger charge is -2.36. The Morgan fingerprint density at radius 3 is 2.36 bits per heavy atom. The molecule has 0 saturated carbocycles. The maximum atomic E-state index is 13.6. The summed E-state index contributed by atoms with van der Waals surface area (Å²) in [6.45, 7) is 6.08. The molecule has 0 bridgehead atoms. The van der Waals surface area contributed by atoms with E-state index in [2.05, 4.69) is 28.1 Å². The van der Waals surface area contributed by atoms with Gasteiger partial charge in [-0.1, -0.05) is 28.1 Å². The molecular formula is C25H31BrO6S. The summed E-state index contributed by atoms with van der Waals surface area (Å²) in [5.74, 6) is -0.132. The van der Waals surface area contributed by atoms with Gasteiger partial charge >= 0.3 is 5.97 Å². The van der Waals surface area contributed by atoms with Gasteiger partial charge in [-0.2, -0.15) is 0 Å². The highest BCUT2D eigenvalue weighted by Gasteiger charge is 2.54. The van der Waals surface area contributed by atoms with Gasteiger partial charge in [0.1, 0.15) is 11.4 Å². The topological polar surface area (TPSA) is 78.9 Å². The second-order valence-corrected chi connectivity index (χ2v) is 12.3. The molecule has 1 aliphatic rings. The molecule has 0 amide bonds. The lowest BCUT2D eigenvalue weighted by molar-refractivity contribution is -0.160. The molecule has 0 N–H and O–H groups in total. The Morgan fingerprint density at radius 1 is 1.09 bits per heavy atom. The average molecular weight is 539 g/mol. The highest BCUT2D eigenvalue weighted by Crippen LogP contribution is 2.37. The van der Waals surface area contributed by atoms with Gasteiger partial charge in [-0.25, -0.2) is 8.42 Å². The molecule has 0 atom stereocenters. The van der Waals surface area contributed by atoms with E-state index in [1.165, 1.54) is 17.7 Å². The summed E-state index contributed by atoms with van der Waals surface area (Å²) in [4.78, 5) is 13.1. The number of hydrogen-bond donors (Lipinski definition) is 0. The Morgan fingerprint density at radius 2 is 1.76 bits per heavy atom. The summed E-state index contributed by atoms with van der Waals surface area (Å²) < 4.78 is 43.2. The summed E-state index contributed by atoms with van der Waals surface area (Å²) in [5.41, 5.74) is 0.434. The van der Waals surface area contributed by atoms with E-state index >= 15 is 0 Å². The molecule has 1 heterocycles. The zero-order chi connectivity index (χ0) is 24.1. The number of ether oxygens (including phenoxy) is 3. The second kappa shape index (κ2) is 10.6. The van der Waals surface area contributed by atoms with E-state index in [1.54, 1.807) is 32.9 Å². The Kier molecular flexibility index (Phi) is 8.24. The number of aryl methyl sites for hydroxylation is 1. The number of rotatable bonds is 8. The van der Waals surface area contributed by atoms with Crippen LogP contribution >= 0.6 is 15.9 Å². The van der Waals surface area contributed by atoms with Crippen molar-refractivity contribution in [2.24, 2.45) is 0 Å². The number of benzene rings is 2. The molecule has 8 heteroatoms. The predicted octanol–water partition coefficient (Wildman–Crippen LogP) is 5.13. The predicted molar refractivity (Wildman–Crippen MR) is 130 cm³/mol. The fraction of sp³-hybridized carbons (Fsp3) is 0.480. The lowest BCUT2D eigenvalue weighted by atomic mass is 9.99. The van der Waals surface area contributed by atoms with E-state index in [0.29, 0.717) is 12.4 Å². The maximum absolute atomic E-state index is 13.6. The molecule has 1 aliphatic heterocycles. The number of carbonyl (C=O) groups excluding carboxylic acids is 1. The number of sulfone groups is 1. The van der Waals surface area contributed by atoms with Crippen molar-refractivity contribution in [1.29, 1.82) is 0 Å². The van der Waals surface area contributed by atoms with Crippen molar-refractivity contribution >= 4 is 31.7 Å². The Balaban J connectivity index is 1.68. The van der Waals surface area contributed by atoms with Gasteiger partial charge in [0.2, 0.25) is 0 Å². The van der Waals surface area contributed by atoms with Gasteiger partial charge in [-0.05, 0) is 75.6 Å². The third-order valence-corrected chi connectivity index (χ3v) is 8.48. The Hall–Kier alpha value is -1.90. The van der Waals surface area contributed by atoms with Gasteiger partial charge < -0.3 is 14.2 Å². The van der Waals surface area contributed by atoms with Crippen LogP contribution in [0.5, 0.6) is 5.75 Å². The molecule has 1 fully saturated rings. The van der Waals surface area contributed by atoms with E-state index in [0.717, 1.165) is 17.3 Å². The zero-order valence-electron chi connectivity index (χ0n) is 19.3. The van der Waals surface area contributed by atoms with Gasteiger partial charge in [-0.15, -0.1) is 0 Å². The lowest BCUT2D eigenvalue weighted by Crippen LogP contribution is -2.53. The van der Waals surface area contributed by atoms with Crippen LogP contribution in [0.3, 0.4) is 0 Å². The Labute approximate surface area is 204 Å². The second-order valence-electron chi connectivity index (χ2n) is 9.17. The molecule has 0 radical (unpaired) electrons. The third-order valence-electron chi connectivity index (χ3n) is 5.49. The summed E-state index contributed by atoms with van der Waals surface area (Å²) >= 11 is 3.47. The minimum Gasteiger partial charge on any atom is -0.494 e. The van der Waals surface area contributed by atoms with Gasteiger partial charge in [0.05, 0.1) is 11.5 Å². The SMILES string of the molecule is CC(C)(C)OC(=O)C1(S(=O)(=O)c2ccc(OCCCc3cccc(Br)c3)cc2)CCOCC1. The molecule has 2 aromatic rings. The molecule has 1 saturated heterocycles. The van der Waals surface area contributed by atoms with Crippen LogP contribution in [0.1, 0.15) is 45.6 Å². The van der Waals surface area contributed by atoms with Crippen LogP contribution in [0.15, 0.2) is 57.9 Å². The van der Waals surface area contributed by atoms with Crippen molar-refractivity contribution in [2.45, 2.75) is 61.7 Å². The van der Waals surface area contributed by atoms with E-state index in [-0.39, 0.29) is 31.0 Å². The van der Waals surface area contributed by atoms with Crippen LogP contribution in [0, 0.1) is 0 Å². The zero-order valence-corrected chi connectivity index (χ0v) is 21.7. The van der Waals surface area contributed by atoms with E-state index < -0.39 is 26.2 Å². The molecule has 0 spiro atoms. The minimum absolute atomic E-state index is 0.0676. The van der Waals surface area contributed by atoms with E-state index in [4.69, 9.17) is 14.2 Å². The quantitative estimate of drug-likeness (QED) is 0.342. The van der Waals surface area contributed by atoms with Crippen molar-refractivity contribution in [3.63, 3.8) is 0 Å². The fourth-order valence-corrected chi connectivity index (χ4v) is 6.11. The summed E-state index contributed by atoms with van der Waals surface area (Å²) in [6, 6.07) is 14.4. The smallest absolute Gasteiger partial charge is 0.328 e. The van der Waals surface area contributed by atoms with Crippen molar-refractivity contribution in [2.75, 3.05) is 19.8 Å². The largest absolute Gasteiger partial charge is 0.494 e. The number of carbonyl (C=O) groups is 1. The minimum atomic E-state index is -3.99. The first-order valence-electron chi connectivity index (χ1n) is 11.1. The molecule has 180 valence electrons. The number of halogens is 1. The van der Waals surface area contributed by atoms with Gasteiger partial charge in [0, 0.05) is 30.5 Å². The van der Waals surface area contributed by atoms with Gasteiger partial charge in [0.25, 0.3) is 0 Å². The van der Waals surface area contributed by atoms with Gasteiger partial charge in [-0.3, -0.25) is 4.79 Å². The first-order valence-corrected chi connectivity index (χ1v) is 13.3. The third kappa shape index (κ3) is 6.37. The average Bonchev–Trinajstić information content (AvgIpc) is 2.76. The highest BCUT2D eigenvalue weighted by molar-refractivity contribution is 9.10. The van der Waals surface area contributed by atoms with Crippen LogP contribution in [0.2, 0.25) is 0 Å². The molecule has 0 unspecified atom stereocenters. The van der Waals surface area contributed by atoms with Crippen LogP contribution in [0.25, 0.3) is 0 Å². The number of hydrogen-bond acceptors (Lipinski definition) is 6. The van der Waals surface area contributed by atoms with Crippen LogP contribution in [0.4, 0.5) is 0 Å². The van der Waals surface area contributed by atoms with E-state index in [9.17, 15) is 13.2 Å². The summed E-state index contributed by atoms with van der Waals surface area (Å²) in [6.07, 6.45) is 1.85. The van der Waals surface area contributed by atoms with Crippen LogP contribution in [-0.2, 0) is 30.5 Å². The molecule has 0 aliphatic carbocycles. The van der Waals surface area contributed by atoms with Crippen molar-refractivity contribution < 1.29 is 27.4 Å². The Bertz CT molecular complexity index is 1050. The first-order chi connectivity index (χ1) is 15.5. The highest BCUT2D eigenvalue weighted by atomic mass is 79.9. The fourth-order valence-electron chi connectivity index (χ4n) is 3.75. The maximum Gasteiger partial charge on any atom is 0.328 e. The van der Waals surface area contributed by atoms with Crippen LogP contribution < -0.4 is 4.74 Å². The first kappa shape index (κ1) is 25.7. The summed E-state index contributed by atoms with van der Waals surface area (Å²) in [7, 11) is -3.99. The number of esters is 1. The van der Waals surface area contributed by atoms with Crippen molar-refractivity contribution in [3.8, 4) is 5.75 Å². The molecular weight excluding hydrogens is 508 g/mol. The molecule has 0 aromatic heterocycles. The van der Waals surface area contributed by atoms with Crippen LogP contribution in [-0.4, -0.2) is 44.6 Å².